The van der Waals surface area contributed by atoms with Gasteiger partial charge in [-0.05, 0) is 24.7 Å². The Hall–Kier alpha value is -2.39. The maximum atomic E-state index is 13.0. The molecule has 0 aliphatic heterocycles. The highest BCUT2D eigenvalue weighted by molar-refractivity contribution is 5.79. The fraction of sp³-hybridized carbons (Fsp3) is 0.375. The van der Waals surface area contributed by atoms with E-state index in [1.807, 2.05) is 0 Å². The molecule has 5 nitrogen and oxygen atoms in total. The summed E-state index contributed by atoms with van der Waals surface area (Å²) >= 11 is 0. The molecule has 0 aliphatic carbocycles. The number of carbonyl (C=O) groups excluding carboxylic acids is 2. The molecule has 1 unspecified atom stereocenters. The van der Waals surface area contributed by atoms with Gasteiger partial charge in [-0.1, -0.05) is 18.1 Å². The van der Waals surface area contributed by atoms with Crippen molar-refractivity contribution in [2.24, 2.45) is 0 Å². The molecule has 22 heavy (non-hydrogen) atoms. The number of methoxy groups -OCH3 is 1. The number of amides is 1. The minimum absolute atomic E-state index is 0.0350. The zero-order chi connectivity index (χ0) is 16.5. The fourth-order valence-electron chi connectivity index (χ4n) is 1.89. The van der Waals surface area contributed by atoms with Crippen molar-refractivity contribution in [3.63, 3.8) is 0 Å². The molecular formula is C16H19FN2O3. The van der Waals surface area contributed by atoms with E-state index in [4.69, 9.17) is 6.42 Å². The van der Waals surface area contributed by atoms with Gasteiger partial charge in [-0.25, -0.2) is 4.39 Å². The summed E-state index contributed by atoms with van der Waals surface area (Å²) in [6.45, 7) is 0.439. The SMILES string of the molecule is C#CCN(C)CC(=O)NC(CC(=O)OC)c1ccc(F)cc1. The van der Waals surface area contributed by atoms with Crippen LogP contribution in [-0.4, -0.2) is 44.0 Å². The van der Waals surface area contributed by atoms with Gasteiger partial charge in [0.15, 0.2) is 0 Å². The summed E-state index contributed by atoms with van der Waals surface area (Å²) in [7, 11) is 2.99. The molecule has 0 aromatic heterocycles. The van der Waals surface area contributed by atoms with Crippen molar-refractivity contribution >= 4 is 11.9 Å². The minimum Gasteiger partial charge on any atom is -0.469 e. The smallest absolute Gasteiger partial charge is 0.307 e. The third kappa shape index (κ3) is 5.94. The van der Waals surface area contributed by atoms with Crippen LogP contribution in [0.3, 0.4) is 0 Å². The Morgan fingerprint density at radius 1 is 1.41 bits per heavy atom. The molecule has 0 saturated heterocycles. The lowest BCUT2D eigenvalue weighted by atomic mass is 10.0. The van der Waals surface area contributed by atoms with E-state index < -0.39 is 12.0 Å². The van der Waals surface area contributed by atoms with Gasteiger partial charge in [0.05, 0.1) is 32.7 Å². The molecule has 0 heterocycles. The molecule has 0 bridgehead atoms. The topological polar surface area (TPSA) is 58.6 Å². The second-order valence-electron chi connectivity index (χ2n) is 4.83. The predicted molar refractivity (Wildman–Crippen MR) is 80.2 cm³/mol. The monoisotopic (exact) mass is 306 g/mol. The first-order chi connectivity index (χ1) is 10.5. The number of halogens is 1. The highest BCUT2D eigenvalue weighted by Gasteiger charge is 2.19. The van der Waals surface area contributed by atoms with Crippen LogP contribution in [0.25, 0.3) is 0 Å². The second kappa shape index (κ2) is 8.80. The van der Waals surface area contributed by atoms with Crippen molar-refractivity contribution in [2.45, 2.75) is 12.5 Å². The van der Waals surface area contributed by atoms with Crippen LogP contribution < -0.4 is 5.32 Å². The van der Waals surface area contributed by atoms with Gasteiger partial charge in [0.2, 0.25) is 5.91 Å². The van der Waals surface area contributed by atoms with Gasteiger partial charge in [-0.15, -0.1) is 6.42 Å². The number of terminal acetylenes is 1. The summed E-state index contributed by atoms with van der Waals surface area (Å²) in [5, 5.41) is 2.73. The zero-order valence-electron chi connectivity index (χ0n) is 12.6. The number of nitrogens with one attached hydrogen (secondary N) is 1. The summed E-state index contributed by atoms with van der Waals surface area (Å²) < 4.78 is 17.6. The van der Waals surface area contributed by atoms with Crippen molar-refractivity contribution in [1.82, 2.24) is 10.2 Å². The number of ether oxygens (including phenoxy) is 1. The number of rotatable bonds is 7. The summed E-state index contributed by atoms with van der Waals surface area (Å²) in [6, 6.07) is 5.01. The number of benzene rings is 1. The Balaban J connectivity index is 2.78. The standard InChI is InChI=1S/C16H19FN2O3/c1-4-9-19(2)11-15(20)18-14(10-16(21)22-3)12-5-7-13(17)8-6-12/h1,5-8,14H,9-11H2,2-3H3,(H,18,20). The van der Waals surface area contributed by atoms with Crippen LogP contribution in [0.2, 0.25) is 0 Å². The molecule has 1 rings (SSSR count). The third-order valence-corrected chi connectivity index (χ3v) is 2.98. The minimum atomic E-state index is -0.584. The van der Waals surface area contributed by atoms with E-state index in [1.54, 1.807) is 11.9 Å². The largest absolute Gasteiger partial charge is 0.469 e. The van der Waals surface area contributed by atoms with Crippen LogP contribution in [0.15, 0.2) is 24.3 Å². The maximum Gasteiger partial charge on any atom is 0.307 e. The van der Waals surface area contributed by atoms with Gasteiger partial charge in [0, 0.05) is 0 Å². The van der Waals surface area contributed by atoms with E-state index >= 15 is 0 Å². The molecule has 1 aromatic rings. The lowest BCUT2D eigenvalue weighted by molar-refractivity contribution is -0.141. The number of hydrogen-bond acceptors (Lipinski definition) is 4. The molecule has 1 aromatic carbocycles. The third-order valence-electron chi connectivity index (χ3n) is 2.98. The molecule has 6 heteroatoms. The van der Waals surface area contributed by atoms with Crippen LogP contribution >= 0.6 is 0 Å². The summed E-state index contributed by atoms with van der Waals surface area (Å²) in [5.41, 5.74) is 0.625. The van der Waals surface area contributed by atoms with Crippen molar-refractivity contribution in [3.05, 3.63) is 35.6 Å². The number of esters is 1. The van der Waals surface area contributed by atoms with Gasteiger partial charge >= 0.3 is 5.97 Å². The lowest BCUT2D eigenvalue weighted by Crippen LogP contribution is -2.38. The molecule has 118 valence electrons. The van der Waals surface area contributed by atoms with Crippen molar-refractivity contribution in [2.75, 3.05) is 27.2 Å². The normalized spacial score (nSPS) is 11.6. The Kier molecular flexibility index (Phi) is 7.06. The van der Waals surface area contributed by atoms with E-state index in [9.17, 15) is 14.0 Å². The maximum absolute atomic E-state index is 13.0. The Morgan fingerprint density at radius 2 is 2.05 bits per heavy atom. The van der Waals surface area contributed by atoms with E-state index in [0.717, 1.165) is 0 Å². The molecule has 0 spiro atoms. The number of nitrogens with zero attached hydrogens (tertiary/aromatic N) is 1. The Morgan fingerprint density at radius 3 is 2.59 bits per heavy atom. The van der Waals surface area contributed by atoms with Crippen LogP contribution in [0.5, 0.6) is 0 Å². The highest BCUT2D eigenvalue weighted by Crippen LogP contribution is 2.18. The molecular weight excluding hydrogens is 287 g/mol. The number of hydrogen-bond donors (Lipinski definition) is 1. The second-order valence-corrected chi connectivity index (χ2v) is 4.83. The van der Waals surface area contributed by atoms with Crippen LogP contribution in [0, 0.1) is 18.2 Å². The quantitative estimate of drug-likeness (QED) is 0.606. The van der Waals surface area contributed by atoms with Gasteiger partial charge in [0.25, 0.3) is 0 Å². The molecule has 1 N–H and O–H groups in total. The van der Waals surface area contributed by atoms with Crippen molar-refractivity contribution in [1.29, 1.82) is 0 Å². The van der Waals surface area contributed by atoms with Gasteiger partial charge in [-0.2, -0.15) is 0 Å². The zero-order valence-corrected chi connectivity index (χ0v) is 12.6. The summed E-state index contributed by atoms with van der Waals surface area (Å²) in [6.07, 6.45) is 5.14. The van der Waals surface area contributed by atoms with Crippen LogP contribution in [0.4, 0.5) is 4.39 Å². The number of carbonyl (C=O) groups is 2. The number of likely N-dealkylation sites (N-methyl/N-ethyl adjacent to an activating group) is 1. The Labute approximate surface area is 129 Å². The summed E-state index contributed by atoms with van der Waals surface area (Å²) in [5.74, 6) is 1.30. The molecule has 0 radical (unpaired) electrons. The fourth-order valence-corrected chi connectivity index (χ4v) is 1.89. The van der Waals surface area contributed by atoms with E-state index in [0.29, 0.717) is 12.1 Å². The average molecular weight is 306 g/mol. The summed E-state index contributed by atoms with van der Waals surface area (Å²) in [4.78, 5) is 25.1. The molecule has 0 fully saturated rings. The predicted octanol–water partition coefficient (Wildman–Crippen LogP) is 1.11. The molecule has 0 saturated carbocycles. The van der Waals surface area contributed by atoms with Crippen molar-refractivity contribution < 1.29 is 18.7 Å². The first-order valence-electron chi connectivity index (χ1n) is 6.70. The van der Waals surface area contributed by atoms with Gasteiger partial charge in [-0.3, -0.25) is 14.5 Å². The first kappa shape index (κ1) is 17.7. The van der Waals surface area contributed by atoms with E-state index in [2.05, 4.69) is 16.0 Å². The highest BCUT2D eigenvalue weighted by atomic mass is 19.1. The first-order valence-corrected chi connectivity index (χ1v) is 6.70. The lowest BCUT2D eigenvalue weighted by Gasteiger charge is -2.20. The van der Waals surface area contributed by atoms with Gasteiger partial charge < -0.3 is 10.1 Å². The van der Waals surface area contributed by atoms with E-state index in [-0.39, 0.29) is 24.7 Å². The molecule has 1 amide bonds. The Bertz CT molecular complexity index is 552. The van der Waals surface area contributed by atoms with E-state index in [1.165, 1.54) is 31.4 Å². The van der Waals surface area contributed by atoms with Gasteiger partial charge in [0.1, 0.15) is 5.82 Å². The van der Waals surface area contributed by atoms with Crippen LogP contribution in [0.1, 0.15) is 18.0 Å². The van der Waals surface area contributed by atoms with Crippen LogP contribution in [-0.2, 0) is 14.3 Å². The average Bonchev–Trinajstić information content (AvgIpc) is 2.47. The van der Waals surface area contributed by atoms with Crippen molar-refractivity contribution in [3.8, 4) is 12.3 Å². The molecule has 0 aliphatic rings. The molecule has 1 atom stereocenters.